The lowest BCUT2D eigenvalue weighted by Gasteiger charge is -2.19. The minimum atomic E-state index is -3.62. The first-order valence-electron chi connectivity index (χ1n) is 10.1. The molecule has 1 saturated heterocycles. The van der Waals surface area contributed by atoms with Gasteiger partial charge in [0.2, 0.25) is 15.9 Å². The number of pyridine rings is 1. The van der Waals surface area contributed by atoms with Gasteiger partial charge in [0.15, 0.2) is 5.65 Å². The standard InChI is InChI=1S/C21H25N5O3S/c1-3-5-20-24-19-6-4-12-22-21(19)26(20)17-11-13-25(14-17)30(28,29)18-9-7-16(8-10-18)23-15(2)27/h4,6-10,12,17H,3,5,11,13-14H2,1-2H3,(H,23,27)/t17-/m0/s1. The summed E-state index contributed by atoms with van der Waals surface area (Å²) in [5, 5.41) is 2.65. The molecule has 0 spiro atoms. The van der Waals surface area contributed by atoms with Crippen molar-refractivity contribution in [3.05, 3.63) is 48.4 Å². The Morgan fingerprint density at radius 3 is 2.70 bits per heavy atom. The van der Waals surface area contributed by atoms with Gasteiger partial charge in [-0.05, 0) is 49.2 Å². The third kappa shape index (κ3) is 3.82. The Balaban J connectivity index is 1.59. The predicted octanol–water partition coefficient (Wildman–Crippen LogP) is 2.98. The van der Waals surface area contributed by atoms with E-state index < -0.39 is 10.0 Å². The molecule has 30 heavy (non-hydrogen) atoms. The Morgan fingerprint density at radius 2 is 2.00 bits per heavy atom. The van der Waals surface area contributed by atoms with E-state index in [2.05, 4.69) is 21.8 Å². The second kappa shape index (κ2) is 8.16. The fourth-order valence-corrected chi connectivity index (χ4v) is 5.45. The second-order valence-corrected chi connectivity index (χ2v) is 9.44. The summed E-state index contributed by atoms with van der Waals surface area (Å²) in [5.41, 5.74) is 2.22. The van der Waals surface area contributed by atoms with Gasteiger partial charge in [0.25, 0.3) is 0 Å². The molecular weight excluding hydrogens is 402 g/mol. The van der Waals surface area contributed by atoms with Crippen molar-refractivity contribution in [2.24, 2.45) is 0 Å². The quantitative estimate of drug-likeness (QED) is 0.652. The van der Waals surface area contributed by atoms with Gasteiger partial charge in [-0.2, -0.15) is 4.31 Å². The van der Waals surface area contributed by atoms with Gasteiger partial charge in [-0.3, -0.25) is 4.79 Å². The predicted molar refractivity (Wildman–Crippen MR) is 115 cm³/mol. The number of benzene rings is 1. The zero-order valence-electron chi connectivity index (χ0n) is 17.1. The largest absolute Gasteiger partial charge is 0.326 e. The van der Waals surface area contributed by atoms with Crippen molar-refractivity contribution in [3.8, 4) is 0 Å². The molecule has 2 aromatic heterocycles. The maximum Gasteiger partial charge on any atom is 0.243 e. The van der Waals surface area contributed by atoms with E-state index in [1.54, 1.807) is 18.3 Å². The highest BCUT2D eigenvalue weighted by molar-refractivity contribution is 7.89. The molecule has 1 atom stereocenters. The van der Waals surface area contributed by atoms with Crippen LogP contribution in [0.2, 0.25) is 0 Å². The maximum absolute atomic E-state index is 13.2. The molecule has 1 aliphatic heterocycles. The third-order valence-electron chi connectivity index (χ3n) is 5.30. The topological polar surface area (TPSA) is 97.2 Å². The highest BCUT2D eigenvalue weighted by Gasteiger charge is 2.35. The van der Waals surface area contributed by atoms with E-state index in [0.29, 0.717) is 25.2 Å². The summed E-state index contributed by atoms with van der Waals surface area (Å²) in [5.74, 6) is 0.757. The number of carbonyl (C=O) groups is 1. The molecule has 0 saturated carbocycles. The summed E-state index contributed by atoms with van der Waals surface area (Å²) in [4.78, 5) is 20.6. The number of sulfonamides is 1. The minimum Gasteiger partial charge on any atom is -0.326 e. The maximum atomic E-state index is 13.2. The van der Waals surface area contributed by atoms with Crippen LogP contribution in [0.15, 0.2) is 47.5 Å². The summed E-state index contributed by atoms with van der Waals surface area (Å²) < 4.78 is 30.0. The van der Waals surface area contributed by atoms with Gasteiger partial charge in [-0.1, -0.05) is 6.92 Å². The summed E-state index contributed by atoms with van der Waals surface area (Å²) in [6, 6.07) is 10.1. The first-order valence-corrected chi connectivity index (χ1v) is 11.5. The third-order valence-corrected chi connectivity index (χ3v) is 7.18. The van der Waals surface area contributed by atoms with Gasteiger partial charge in [0.05, 0.1) is 10.9 Å². The zero-order chi connectivity index (χ0) is 21.3. The van der Waals surface area contributed by atoms with Gasteiger partial charge >= 0.3 is 0 Å². The van der Waals surface area contributed by atoms with Crippen molar-refractivity contribution in [2.45, 2.75) is 44.0 Å². The van der Waals surface area contributed by atoms with Crippen LogP contribution in [0.3, 0.4) is 0 Å². The Kier molecular flexibility index (Phi) is 5.57. The Labute approximate surface area is 176 Å². The molecule has 1 fully saturated rings. The van der Waals surface area contributed by atoms with E-state index >= 15 is 0 Å². The number of nitrogens with zero attached hydrogens (tertiary/aromatic N) is 4. The molecule has 158 valence electrons. The van der Waals surface area contributed by atoms with Crippen molar-refractivity contribution in [1.82, 2.24) is 18.8 Å². The van der Waals surface area contributed by atoms with Crippen LogP contribution in [0.25, 0.3) is 11.2 Å². The smallest absolute Gasteiger partial charge is 0.243 e. The lowest BCUT2D eigenvalue weighted by molar-refractivity contribution is -0.114. The van der Waals surface area contributed by atoms with Gasteiger partial charge in [0, 0.05) is 38.3 Å². The van der Waals surface area contributed by atoms with Gasteiger partial charge in [0.1, 0.15) is 11.3 Å². The molecular formula is C21H25N5O3S. The number of carbonyl (C=O) groups excluding carboxylic acids is 1. The number of amides is 1. The number of hydrogen-bond donors (Lipinski definition) is 1. The van der Waals surface area contributed by atoms with Gasteiger partial charge < -0.3 is 9.88 Å². The van der Waals surface area contributed by atoms with Crippen molar-refractivity contribution in [2.75, 3.05) is 18.4 Å². The summed E-state index contributed by atoms with van der Waals surface area (Å²) in [7, 11) is -3.62. The van der Waals surface area contributed by atoms with Crippen molar-refractivity contribution in [3.63, 3.8) is 0 Å². The lowest BCUT2D eigenvalue weighted by atomic mass is 10.2. The van der Waals surface area contributed by atoms with E-state index in [1.165, 1.54) is 23.4 Å². The summed E-state index contributed by atoms with van der Waals surface area (Å²) in [6.07, 6.45) is 4.24. The average molecular weight is 428 g/mol. The zero-order valence-corrected chi connectivity index (χ0v) is 17.9. The molecule has 3 aromatic rings. The molecule has 3 heterocycles. The molecule has 1 aromatic carbocycles. The number of hydrogen-bond acceptors (Lipinski definition) is 5. The average Bonchev–Trinajstić information content (AvgIpc) is 3.33. The Morgan fingerprint density at radius 1 is 1.23 bits per heavy atom. The fraction of sp³-hybridized carbons (Fsp3) is 0.381. The number of anilines is 1. The van der Waals surface area contributed by atoms with Crippen molar-refractivity contribution in [1.29, 1.82) is 0 Å². The Hall–Kier alpha value is -2.78. The molecule has 0 unspecified atom stereocenters. The normalized spacial score (nSPS) is 17.5. The van der Waals surface area contributed by atoms with E-state index in [0.717, 1.165) is 29.8 Å². The molecule has 9 heteroatoms. The second-order valence-electron chi connectivity index (χ2n) is 7.51. The van der Waals surface area contributed by atoms with Crippen molar-refractivity contribution < 1.29 is 13.2 Å². The molecule has 1 aliphatic rings. The first kappa shape index (κ1) is 20.5. The number of fused-ring (bicyclic) bond motifs is 1. The molecule has 1 N–H and O–H groups in total. The van der Waals surface area contributed by atoms with Crippen LogP contribution in [-0.2, 0) is 21.2 Å². The Bertz CT molecular complexity index is 1170. The van der Waals surface area contributed by atoms with Crippen LogP contribution in [0.1, 0.15) is 38.6 Å². The van der Waals surface area contributed by atoms with Crippen LogP contribution in [0, 0.1) is 0 Å². The number of aromatic nitrogens is 3. The van der Waals surface area contributed by atoms with Gasteiger partial charge in [-0.25, -0.2) is 18.4 Å². The first-order chi connectivity index (χ1) is 14.4. The van der Waals surface area contributed by atoms with Crippen LogP contribution in [-0.4, -0.2) is 46.3 Å². The molecule has 0 bridgehead atoms. The van der Waals surface area contributed by atoms with Crippen LogP contribution < -0.4 is 5.32 Å². The highest BCUT2D eigenvalue weighted by Crippen LogP contribution is 2.31. The summed E-state index contributed by atoms with van der Waals surface area (Å²) in [6.45, 7) is 4.34. The number of aryl methyl sites for hydroxylation is 1. The van der Waals surface area contributed by atoms with Gasteiger partial charge in [-0.15, -0.1) is 0 Å². The van der Waals surface area contributed by atoms with Crippen LogP contribution in [0.4, 0.5) is 5.69 Å². The number of rotatable bonds is 6. The SMILES string of the molecule is CCCc1nc2cccnc2n1[C@H]1CCN(S(=O)(=O)c2ccc(NC(C)=O)cc2)C1. The van der Waals surface area contributed by atoms with Crippen LogP contribution >= 0.6 is 0 Å². The van der Waals surface area contributed by atoms with E-state index in [-0.39, 0.29) is 16.8 Å². The highest BCUT2D eigenvalue weighted by atomic mass is 32.2. The molecule has 1 amide bonds. The van der Waals surface area contributed by atoms with Crippen molar-refractivity contribution >= 4 is 32.8 Å². The monoisotopic (exact) mass is 427 g/mol. The van der Waals surface area contributed by atoms with E-state index in [9.17, 15) is 13.2 Å². The molecule has 4 rings (SSSR count). The van der Waals surface area contributed by atoms with E-state index in [4.69, 9.17) is 4.98 Å². The molecule has 8 nitrogen and oxygen atoms in total. The van der Waals surface area contributed by atoms with E-state index in [1.807, 2.05) is 12.1 Å². The molecule has 0 radical (unpaired) electrons. The van der Waals surface area contributed by atoms with Crippen LogP contribution in [0.5, 0.6) is 0 Å². The number of imidazole rings is 1. The number of nitrogens with one attached hydrogen (secondary N) is 1. The fourth-order valence-electron chi connectivity index (χ4n) is 3.96. The lowest BCUT2D eigenvalue weighted by Crippen LogP contribution is -2.29. The molecule has 0 aliphatic carbocycles. The summed E-state index contributed by atoms with van der Waals surface area (Å²) >= 11 is 0. The minimum absolute atomic E-state index is 0.000113.